The van der Waals surface area contributed by atoms with E-state index in [0.29, 0.717) is 16.4 Å². The molecule has 0 atom stereocenters. The number of halogens is 3. The monoisotopic (exact) mass is 372 g/mol. The van der Waals surface area contributed by atoms with Crippen molar-refractivity contribution in [1.29, 1.82) is 0 Å². The molecular weight excluding hydrogens is 363 g/mol. The zero-order valence-corrected chi connectivity index (χ0v) is 13.9. The molecule has 1 amide bonds. The van der Waals surface area contributed by atoms with Gasteiger partial charge in [0.25, 0.3) is 5.91 Å². The lowest BCUT2D eigenvalue weighted by Gasteiger charge is -2.12. The first-order valence-corrected chi connectivity index (χ1v) is 7.34. The van der Waals surface area contributed by atoms with Gasteiger partial charge in [0.1, 0.15) is 5.15 Å². The Hall–Kier alpha value is -1.10. The van der Waals surface area contributed by atoms with Gasteiger partial charge in [-0.15, -0.1) is 0 Å². The van der Waals surface area contributed by atoms with Crippen molar-refractivity contribution >= 4 is 50.7 Å². The predicted molar refractivity (Wildman–Crippen MR) is 85.8 cm³/mol. The molecule has 0 bridgehead atoms. The quantitative estimate of drug-likeness (QED) is 0.751. The van der Waals surface area contributed by atoms with Crippen LogP contribution in [0.15, 0.2) is 28.7 Å². The van der Waals surface area contributed by atoms with Crippen LogP contribution in [0.25, 0.3) is 0 Å². The number of aryl methyl sites for hydroxylation is 1. The van der Waals surface area contributed by atoms with Crippen molar-refractivity contribution in [2.75, 3.05) is 5.32 Å². The van der Waals surface area contributed by atoms with Gasteiger partial charge < -0.3 is 5.32 Å². The number of hydrogen-bond acceptors (Lipinski definition) is 2. The van der Waals surface area contributed by atoms with Crippen molar-refractivity contribution < 1.29 is 4.79 Å². The summed E-state index contributed by atoms with van der Waals surface area (Å²) in [6.07, 6.45) is 0. The average Bonchev–Trinajstić information content (AvgIpc) is 2.36. The highest BCUT2D eigenvalue weighted by molar-refractivity contribution is 9.10. The van der Waals surface area contributed by atoms with Crippen molar-refractivity contribution in [2.45, 2.75) is 13.8 Å². The molecule has 6 heteroatoms. The van der Waals surface area contributed by atoms with Gasteiger partial charge in [-0.1, -0.05) is 45.2 Å². The van der Waals surface area contributed by atoms with Crippen molar-refractivity contribution in [3.63, 3.8) is 0 Å². The first-order valence-electron chi connectivity index (χ1n) is 5.79. The van der Waals surface area contributed by atoms with Crippen LogP contribution < -0.4 is 5.32 Å². The van der Waals surface area contributed by atoms with Crippen LogP contribution in [0, 0.1) is 13.8 Å². The highest BCUT2D eigenvalue weighted by atomic mass is 79.9. The summed E-state index contributed by atoms with van der Waals surface area (Å²) < 4.78 is 0.877. The number of benzene rings is 1. The lowest BCUT2D eigenvalue weighted by Crippen LogP contribution is -2.15. The van der Waals surface area contributed by atoms with Gasteiger partial charge in [0.2, 0.25) is 0 Å². The van der Waals surface area contributed by atoms with Crippen LogP contribution in [-0.2, 0) is 0 Å². The summed E-state index contributed by atoms with van der Waals surface area (Å²) in [6.45, 7) is 3.68. The van der Waals surface area contributed by atoms with Gasteiger partial charge in [-0.3, -0.25) is 4.79 Å². The Balaban J connectivity index is 2.36. The molecule has 0 aliphatic rings. The van der Waals surface area contributed by atoms with Crippen LogP contribution >= 0.6 is 39.1 Å². The fraction of sp³-hybridized carbons (Fsp3) is 0.143. The maximum atomic E-state index is 12.3. The average molecular weight is 374 g/mol. The van der Waals surface area contributed by atoms with Gasteiger partial charge in [-0.25, -0.2) is 4.98 Å². The molecule has 0 saturated carbocycles. The molecule has 0 unspecified atom stereocenters. The Morgan fingerprint density at radius 2 is 2.00 bits per heavy atom. The summed E-state index contributed by atoms with van der Waals surface area (Å²) in [6, 6.07) is 7.09. The predicted octanol–water partition coefficient (Wildman–Crippen LogP) is 5.02. The van der Waals surface area contributed by atoms with Crippen LogP contribution in [0.3, 0.4) is 0 Å². The Morgan fingerprint density at radius 3 is 2.65 bits per heavy atom. The fourth-order valence-corrected chi connectivity index (χ4v) is 2.72. The molecule has 104 valence electrons. The third kappa shape index (κ3) is 3.14. The second-order valence-electron chi connectivity index (χ2n) is 4.29. The number of nitrogens with zero attached hydrogens (tertiary/aromatic N) is 1. The van der Waals surface area contributed by atoms with Gasteiger partial charge in [-0.2, -0.15) is 0 Å². The van der Waals surface area contributed by atoms with E-state index in [0.717, 1.165) is 15.6 Å². The molecule has 0 saturated heterocycles. The van der Waals surface area contributed by atoms with Gasteiger partial charge in [0.05, 0.1) is 5.69 Å². The zero-order chi connectivity index (χ0) is 14.9. The molecule has 0 fully saturated rings. The molecule has 1 N–H and O–H groups in total. The lowest BCUT2D eigenvalue weighted by molar-refractivity contribution is 0.102. The minimum absolute atomic E-state index is 0.177. The first kappa shape index (κ1) is 15.3. The van der Waals surface area contributed by atoms with Crippen LogP contribution in [-0.4, -0.2) is 10.9 Å². The van der Waals surface area contributed by atoms with Crippen LogP contribution in [0.2, 0.25) is 10.3 Å². The van der Waals surface area contributed by atoms with E-state index in [1.807, 2.05) is 19.9 Å². The van der Waals surface area contributed by atoms with Crippen molar-refractivity contribution in [3.05, 3.63) is 55.7 Å². The molecule has 1 aromatic heterocycles. The van der Waals surface area contributed by atoms with Crippen molar-refractivity contribution in [2.24, 2.45) is 0 Å². The summed E-state index contributed by atoms with van der Waals surface area (Å²) in [5, 5.41) is 3.25. The number of carbonyl (C=O) groups is 1. The minimum Gasteiger partial charge on any atom is -0.319 e. The Morgan fingerprint density at radius 1 is 1.30 bits per heavy atom. The molecule has 2 aromatic rings. The molecule has 0 aliphatic carbocycles. The van der Waals surface area contributed by atoms with Gasteiger partial charge in [0.15, 0.2) is 5.15 Å². The number of amides is 1. The van der Waals surface area contributed by atoms with E-state index in [1.54, 1.807) is 18.2 Å². The number of hydrogen-bond donors (Lipinski definition) is 1. The molecule has 0 aliphatic heterocycles. The van der Waals surface area contributed by atoms with Crippen molar-refractivity contribution in [3.8, 4) is 0 Å². The Bertz CT molecular complexity index is 666. The number of carbonyl (C=O) groups excluding carboxylic acids is 1. The zero-order valence-electron chi connectivity index (χ0n) is 10.8. The highest BCUT2D eigenvalue weighted by Gasteiger charge is 2.15. The second-order valence-corrected chi connectivity index (χ2v) is 5.89. The third-order valence-corrected chi connectivity index (χ3v) is 4.22. The van der Waals surface area contributed by atoms with E-state index in [-0.39, 0.29) is 11.1 Å². The van der Waals surface area contributed by atoms with E-state index < -0.39 is 0 Å². The molecule has 2 rings (SSSR count). The second kappa shape index (κ2) is 6.12. The van der Waals surface area contributed by atoms with Gasteiger partial charge >= 0.3 is 0 Å². The van der Waals surface area contributed by atoms with Crippen LogP contribution in [0.4, 0.5) is 5.69 Å². The van der Waals surface area contributed by atoms with E-state index in [1.165, 1.54) is 0 Å². The van der Waals surface area contributed by atoms with E-state index in [9.17, 15) is 4.79 Å². The van der Waals surface area contributed by atoms with Crippen molar-refractivity contribution in [1.82, 2.24) is 4.98 Å². The molecule has 0 spiro atoms. The maximum Gasteiger partial charge on any atom is 0.256 e. The van der Waals surface area contributed by atoms with E-state index >= 15 is 0 Å². The first-order chi connectivity index (χ1) is 9.40. The summed E-state index contributed by atoms with van der Waals surface area (Å²) >= 11 is 15.2. The Kier molecular flexibility index (Phi) is 4.68. The molecule has 0 radical (unpaired) electrons. The molecule has 20 heavy (non-hydrogen) atoms. The number of nitrogens with one attached hydrogen (secondary N) is 1. The smallest absolute Gasteiger partial charge is 0.256 e. The third-order valence-electron chi connectivity index (χ3n) is 2.89. The number of rotatable bonds is 2. The standard InChI is InChI=1S/C14H11BrCl2N2O/c1-7-6-11(16)18-13(17)12(7)19-14(20)9-4-3-5-10(15)8(9)2/h3-6H,1-2H3,(H,19,20). The lowest BCUT2D eigenvalue weighted by atomic mass is 10.1. The van der Waals surface area contributed by atoms with Crippen LogP contribution in [0.1, 0.15) is 21.5 Å². The highest BCUT2D eigenvalue weighted by Crippen LogP contribution is 2.28. The summed E-state index contributed by atoms with van der Waals surface area (Å²) in [7, 11) is 0. The maximum absolute atomic E-state index is 12.3. The van der Waals surface area contributed by atoms with E-state index in [2.05, 4.69) is 26.2 Å². The normalized spacial score (nSPS) is 10.4. The molecule has 1 aromatic carbocycles. The largest absolute Gasteiger partial charge is 0.319 e. The summed E-state index contributed by atoms with van der Waals surface area (Å²) in [4.78, 5) is 16.3. The number of pyridine rings is 1. The number of aromatic nitrogens is 1. The molecule has 3 nitrogen and oxygen atoms in total. The Labute approximate surface area is 135 Å². The molecule has 1 heterocycles. The SMILES string of the molecule is Cc1cc(Cl)nc(Cl)c1NC(=O)c1cccc(Br)c1C. The van der Waals surface area contributed by atoms with E-state index in [4.69, 9.17) is 23.2 Å². The summed E-state index contributed by atoms with van der Waals surface area (Å²) in [5.41, 5.74) is 2.67. The van der Waals surface area contributed by atoms with Gasteiger partial charge in [-0.05, 0) is 43.2 Å². The summed E-state index contributed by atoms with van der Waals surface area (Å²) in [5.74, 6) is -0.238. The minimum atomic E-state index is -0.238. The molecular formula is C14H11BrCl2N2O. The number of anilines is 1. The van der Waals surface area contributed by atoms with Crippen LogP contribution in [0.5, 0.6) is 0 Å². The topological polar surface area (TPSA) is 42.0 Å². The fourth-order valence-electron chi connectivity index (χ4n) is 1.78. The van der Waals surface area contributed by atoms with Gasteiger partial charge in [0, 0.05) is 10.0 Å².